The number of carbonyl (C=O) groups excluding carboxylic acids is 1. The van der Waals surface area contributed by atoms with Crippen LogP contribution in [0.4, 0.5) is 18.9 Å². The van der Waals surface area contributed by atoms with E-state index in [1.807, 2.05) is 66.7 Å². The molecule has 0 aliphatic rings. The summed E-state index contributed by atoms with van der Waals surface area (Å²) in [6.07, 6.45) is -4.54. The van der Waals surface area contributed by atoms with E-state index in [2.05, 4.69) is 26.2 Å². The van der Waals surface area contributed by atoms with Crippen molar-refractivity contribution >= 4 is 44.5 Å². The average Bonchev–Trinajstić information content (AvgIpc) is 2.88. The third kappa shape index (κ3) is 7.08. The number of hydrogen-bond donors (Lipinski definition) is 1. The number of alkyl halides is 3. The monoisotopic (exact) mass is 568 g/mol. The second-order valence-electron chi connectivity index (χ2n) is 7.78. The Morgan fingerprint density at radius 2 is 1.53 bits per heavy atom. The minimum absolute atomic E-state index is 0.0976. The molecule has 0 aliphatic heterocycles. The highest BCUT2D eigenvalue weighted by Gasteiger charge is 2.31. The van der Waals surface area contributed by atoms with Crippen LogP contribution in [-0.4, -0.2) is 11.1 Å². The summed E-state index contributed by atoms with van der Waals surface area (Å²) in [5.74, 6) is -0.160. The number of rotatable bonds is 5. The van der Waals surface area contributed by atoms with Crippen LogP contribution in [0.2, 0.25) is 0 Å². The van der Waals surface area contributed by atoms with Crippen LogP contribution in [0.1, 0.15) is 21.5 Å². The Morgan fingerprint density at radius 3 is 2.22 bits per heavy atom. The molecule has 0 fully saturated rings. The first-order valence-electron chi connectivity index (χ1n) is 10.9. The van der Waals surface area contributed by atoms with E-state index >= 15 is 0 Å². The molecule has 182 valence electrons. The number of aliphatic imine (C=N–C) groups is 1. The summed E-state index contributed by atoms with van der Waals surface area (Å²) in [5.41, 5.74) is 2.82. The van der Waals surface area contributed by atoms with Gasteiger partial charge in [0.25, 0.3) is 5.91 Å². The summed E-state index contributed by atoms with van der Waals surface area (Å²) in [6, 6.07) is 29.6. The quantitative estimate of drug-likeness (QED) is 0.194. The fourth-order valence-corrected chi connectivity index (χ4v) is 4.56. The summed E-state index contributed by atoms with van der Waals surface area (Å²) in [7, 11) is 0. The standard InChI is InChI=1S/C28H20BrF3N2OS/c29-24-10-5-11-25(17-24)33-27(34-26(35)22-8-4-9-23(16-22)28(30,31)32)36-18-19-12-14-21(15-13-19)20-6-2-1-3-7-20/h1-17H,18H2,(H,33,34,35). The molecule has 0 saturated carbocycles. The Bertz CT molecular complexity index is 1370. The van der Waals surface area contributed by atoms with Gasteiger partial charge in [-0.15, -0.1) is 0 Å². The van der Waals surface area contributed by atoms with E-state index in [1.54, 1.807) is 12.1 Å². The van der Waals surface area contributed by atoms with E-state index in [-0.39, 0.29) is 10.7 Å². The van der Waals surface area contributed by atoms with Gasteiger partial charge >= 0.3 is 6.18 Å². The van der Waals surface area contributed by atoms with E-state index in [9.17, 15) is 18.0 Å². The van der Waals surface area contributed by atoms with Crippen molar-refractivity contribution in [2.45, 2.75) is 11.9 Å². The van der Waals surface area contributed by atoms with Crippen LogP contribution in [0.25, 0.3) is 11.1 Å². The van der Waals surface area contributed by atoms with E-state index in [1.165, 1.54) is 23.9 Å². The number of amides is 1. The smallest absolute Gasteiger partial charge is 0.301 e. The molecule has 36 heavy (non-hydrogen) atoms. The van der Waals surface area contributed by atoms with Gasteiger partial charge in [0.05, 0.1) is 11.3 Å². The van der Waals surface area contributed by atoms with Crippen molar-refractivity contribution in [3.8, 4) is 11.1 Å². The fourth-order valence-electron chi connectivity index (χ4n) is 3.34. The first-order valence-corrected chi connectivity index (χ1v) is 12.7. The van der Waals surface area contributed by atoms with Crippen molar-refractivity contribution in [2.24, 2.45) is 4.99 Å². The highest BCUT2D eigenvalue weighted by atomic mass is 79.9. The molecule has 0 heterocycles. The molecule has 1 amide bonds. The Hall–Kier alpha value is -3.36. The number of carbonyl (C=O) groups is 1. The van der Waals surface area contributed by atoms with Gasteiger partial charge in [-0.1, -0.05) is 94.4 Å². The number of halogens is 4. The van der Waals surface area contributed by atoms with E-state index in [4.69, 9.17) is 0 Å². The van der Waals surface area contributed by atoms with Gasteiger partial charge in [-0.05, 0) is 53.1 Å². The molecule has 0 saturated heterocycles. The van der Waals surface area contributed by atoms with E-state index in [0.717, 1.165) is 33.3 Å². The average molecular weight is 569 g/mol. The van der Waals surface area contributed by atoms with Gasteiger partial charge in [0.1, 0.15) is 0 Å². The summed E-state index contributed by atoms with van der Waals surface area (Å²) >= 11 is 4.69. The SMILES string of the molecule is O=C(NC(=Nc1cccc(Br)c1)SCc1ccc(-c2ccccc2)cc1)c1cccc(C(F)(F)F)c1. The van der Waals surface area contributed by atoms with Crippen molar-refractivity contribution in [3.05, 3.63) is 124 Å². The molecule has 8 heteroatoms. The first kappa shape index (κ1) is 25.7. The molecule has 0 radical (unpaired) electrons. The normalized spacial score (nSPS) is 11.8. The van der Waals surface area contributed by atoms with Crippen LogP contribution in [0.5, 0.6) is 0 Å². The Morgan fingerprint density at radius 1 is 0.833 bits per heavy atom. The zero-order valence-corrected chi connectivity index (χ0v) is 21.2. The molecular formula is C28H20BrF3N2OS. The minimum Gasteiger partial charge on any atom is -0.301 e. The first-order chi connectivity index (χ1) is 17.3. The van der Waals surface area contributed by atoms with Gasteiger partial charge in [0.2, 0.25) is 0 Å². The number of amidine groups is 1. The van der Waals surface area contributed by atoms with Crippen molar-refractivity contribution in [2.75, 3.05) is 0 Å². The van der Waals surface area contributed by atoms with Gasteiger partial charge in [0.15, 0.2) is 5.17 Å². The summed E-state index contributed by atoms with van der Waals surface area (Å²) in [4.78, 5) is 17.4. The third-order valence-electron chi connectivity index (χ3n) is 5.15. The lowest BCUT2D eigenvalue weighted by atomic mass is 10.0. The minimum atomic E-state index is -4.54. The van der Waals surface area contributed by atoms with Crippen LogP contribution in [0, 0.1) is 0 Å². The van der Waals surface area contributed by atoms with Crippen LogP contribution < -0.4 is 5.32 Å². The summed E-state index contributed by atoms with van der Waals surface area (Å²) < 4.78 is 40.1. The van der Waals surface area contributed by atoms with Crippen molar-refractivity contribution in [1.29, 1.82) is 0 Å². The maximum absolute atomic E-state index is 13.1. The molecule has 4 aromatic rings. The molecule has 0 aromatic heterocycles. The lowest BCUT2D eigenvalue weighted by molar-refractivity contribution is -0.137. The predicted octanol–water partition coefficient (Wildman–Crippen LogP) is 8.49. The maximum Gasteiger partial charge on any atom is 0.416 e. The Labute approximate surface area is 219 Å². The highest BCUT2D eigenvalue weighted by Crippen LogP contribution is 2.30. The second kappa shape index (κ2) is 11.6. The molecule has 0 spiro atoms. The predicted molar refractivity (Wildman–Crippen MR) is 143 cm³/mol. The van der Waals surface area contributed by atoms with Gasteiger partial charge in [-0.2, -0.15) is 13.2 Å². The second-order valence-corrected chi connectivity index (χ2v) is 9.66. The van der Waals surface area contributed by atoms with Crippen molar-refractivity contribution in [1.82, 2.24) is 5.32 Å². The van der Waals surface area contributed by atoms with Gasteiger partial charge in [-0.25, -0.2) is 4.99 Å². The van der Waals surface area contributed by atoms with Crippen molar-refractivity contribution in [3.63, 3.8) is 0 Å². The lowest BCUT2D eigenvalue weighted by Gasteiger charge is -2.11. The summed E-state index contributed by atoms with van der Waals surface area (Å²) in [5, 5.41) is 2.96. The van der Waals surface area contributed by atoms with E-state index < -0.39 is 17.6 Å². The lowest BCUT2D eigenvalue weighted by Crippen LogP contribution is -2.28. The molecule has 0 aliphatic carbocycles. The fraction of sp³-hybridized carbons (Fsp3) is 0.0714. The van der Waals surface area contributed by atoms with Crippen LogP contribution in [-0.2, 0) is 11.9 Å². The molecule has 0 atom stereocenters. The Kier molecular flexibility index (Phi) is 8.28. The highest BCUT2D eigenvalue weighted by molar-refractivity contribution is 9.10. The molecule has 4 aromatic carbocycles. The topological polar surface area (TPSA) is 41.5 Å². The number of benzene rings is 4. The molecule has 4 rings (SSSR count). The van der Waals surface area contributed by atoms with Gasteiger partial charge in [0, 0.05) is 15.8 Å². The number of nitrogens with one attached hydrogen (secondary N) is 1. The van der Waals surface area contributed by atoms with Crippen molar-refractivity contribution < 1.29 is 18.0 Å². The molecule has 3 nitrogen and oxygen atoms in total. The maximum atomic E-state index is 13.1. The van der Waals surface area contributed by atoms with Gasteiger partial charge in [-0.3, -0.25) is 4.79 Å². The number of thioether (sulfide) groups is 1. The van der Waals surface area contributed by atoms with E-state index in [0.29, 0.717) is 11.4 Å². The molecular weight excluding hydrogens is 549 g/mol. The number of hydrogen-bond acceptors (Lipinski definition) is 3. The molecule has 0 unspecified atom stereocenters. The zero-order valence-electron chi connectivity index (χ0n) is 18.8. The Balaban J connectivity index is 1.53. The zero-order chi connectivity index (χ0) is 25.5. The molecule has 0 bridgehead atoms. The van der Waals surface area contributed by atoms with Crippen LogP contribution in [0.15, 0.2) is 113 Å². The molecule has 1 N–H and O–H groups in total. The van der Waals surface area contributed by atoms with Gasteiger partial charge < -0.3 is 5.32 Å². The van der Waals surface area contributed by atoms with Crippen LogP contribution >= 0.6 is 27.7 Å². The van der Waals surface area contributed by atoms with Crippen LogP contribution in [0.3, 0.4) is 0 Å². The third-order valence-corrected chi connectivity index (χ3v) is 6.59. The summed E-state index contributed by atoms with van der Waals surface area (Å²) in [6.45, 7) is 0. The largest absolute Gasteiger partial charge is 0.416 e. The number of nitrogens with zero attached hydrogens (tertiary/aromatic N) is 1.